The molecule has 2 nitrogen and oxygen atoms in total. The highest BCUT2D eigenvalue weighted by atomic mass is 16.5. The minimum absolute atomic E-state index is 0.246. The predicted molar refractivity (Wildman–Crippen MR) is 93.1 cm³/mol. The lowest BCUT2D eigenvalue weighted by Gasteiger charge is -2.04. The van der Waals surface area contributed by atoms with Crippen LogP contribution in [0.4, 0.5) is 0 Å². The SMILES string of the molecule is CCOC(=O)c1ccc(CCC=C(C)CCC=C(C)C)cc1. The molecule has 22 heavy (non-hydrogen) atoms. The van der Waals surface area contributed by atoms with Crippen molar-refractivity contribution in [3.63, 3.8) is 0 Å². The number of ether oxygens (including phenoxy) is 1. The van der Waals surface area contributed by atoms with E-state index in [1.54, 1.807) is 0 Å². The van der Waals surface area contributed by atoms with Crippen molar-refractivity contribution in [3.05, 3.63) is 58.7 Å². The molecule has 0 N–H and O–H groups in total. The van der Waals surface area contributed by atoms with Gasteiger partial charge in [-0.2, -0.15) is 0 Å². The standard InChI is InChI=1S/C20H28O2/c1-5-22-20(21)19-14-12-18(13-15-19)11-7-10-17(4)9-6-8-16(2)3/h8,10,12-15H,5-7,9,11H2,1-4H3. The summed E-state index contributed by atoms with van der Waals surface area (Å²) in [5, 5.41) is 0. The highest BCUT2D eigenvalue weighted by Crippen LogP contribution is 2.11. The number of esters is 1. The van der Waals surface area contributed by atoms with E-state index in [0.717, 1.165) is 25.7 Å². The van der Waals surface area contributed by atoms with Crippen molar-refractivity contribution >= 4 is 5.97 Å². The van der Waals surface area contributed by atoms with Gasteiger partial charge in [-0.15, -0.1) is 0 Å². The van der Waals surface area contributed by atoms with E-state index in [9.17, 15) is 4.79 Å². The first-order chi connectivity index (χ1) is 10.5. The predicted octanol–water partition coefficient (Wildman–Crippen LogP) is 5.49. The maximum atomic E-state index is 11.6. The summed E-state index contributed by atoms with van der Waals surface area (Å²) >= 11 is 0. The van der Waals surface area contributed by atoms with E-state index < -0.39 is 0 Å². The lowest BCUT2D eigenvalue weighted by molar-refractivity contribution is 0.0526. The molecule has 0 saturated carbocycles. The van der Waals surface area contributed by atoms with E-state index >= 15 is 0 Å². The molecule has 1 aromatic rings. The van der Waals surface area contributed by atoms with Gasteiger partial charge >= 0.3 is 5.97 Å². The third kappa shape index (κ3) is 7.26. The molecule has 0 radical (unpaired) electrons. The third-order valence-electron chi connectivity index (χ3n) is 3.48. The molecule has 120 valence electrons. The average molecular weight is 300 g/mol. The molecule has 0 aliphatic carbocycles. The molecular weight excluding hydrogens is 272 g/mol. The van der Waals surface area contributed by atoms with Crippen molar-refractivity contribution in [1.29, 1.82) is 0 Å². The van der Waals surface area contributed by atoms with Gasteiger partial charge in [-0.3, -0.25) is 0 Å². The number of rotatable bonds is 8. The molecule has 0 aromatic heterocycles. The molecule has 0 fully saturated rings. The Labute approximate surface area is 134 Å². The molecule has 0 unspecified atom stereocenters. The minimum Gasteiger partial charge on any atom is -0.462 e. The van der Waals surface area contributed by atoms with Gasteiger partial charge < -0.3 is 4.74 Å². The van der Waals surface area contributed by atoms with E-state index in [1.807, 2.05) is 31.2 Å². The normalized spacial score (nSPS) is 11.2. The summed E-state index contributed by atoms with van der Waals surface area (Å²) in [6.07, 6.45) is 8.90. The molecule has 0 aliphatic rings. The smallest absolute Gasteiger partial charge is 0.338 e. The van der Waals surface area contributed by atoms with Crippen molar-refractivity contribution in [2.24, 2.45) is 0 Å². The van der Waals surface area contributed by atoms with Gasteiger partial charge in [0, 0.05) is 0 Å². The lowest BCUT2D eigenvalue weighted by Crippen LogP contribution is -2.04. The van der Waals surface area contributed by atoms with Crippen LogP contribution in [0.1, 0.15) is 62.9 Å². The fourth-order valence-electron chi connectivity index (χ4n) is 2.20. The summed E-state index contributed by atoms with van der Waals surface area (Å²) in [6, 6.07) is 7.72. The number of benzene rings is 1. The molecule has 1 aromatic carbocycles. The largest absolute Gasteiger partial charge is 0.462 e. The van der Waals surface area contributed by atoms with E-state index in [4.69, 9.17) is 4.74 Å². The zero-order valence-corrected chi connectivity index (χ0v) is 14.3. The summed E-state index contributed by atoms with van der Waals surface area (Å²) in [5.41, 5.74) is 4.70. The van der Waals surface area contributed by atoms with Gasteiger partial charge in [-0.1, -0.05) is 35.4 Å². The Balaban J connectivity index is 2.41. The number of allylic oxidation sites excluding steroid dienone is 4. The summed E-state index contributed by atoms with van der Waals surface area (Å²) in [6.45, 7) is 8.71. The first-order valence-corrected chi connectivity index (χ1v) is 8.08. The lowest BCUT2D eigenvalue weighted by atomic mass is 10.0. The number of hydrogen-bond acceptors (Lipinski definition) is 2. The molecule has 1 rings (SSSR count). The van der Waals surface area contributed by atoms with Crippen LogP contribution in [0.2, 0.25) is 0 Å². The monoisotopic (exact) mass is 300 g/mol. The van der Waals surface area contributed by atoms with Crippen LogP contribution in [-0.4, -0.2) is 12.6 Å². The number of aryl methyl sites for hydroxylation is 1. The number of carbonyl (C=O) groups excluding carboxylic acids is 1. The molecule has 0 amide bonds. The van der Waals surface area contributed by atoms with Crippen molar-refractivity contribution in [2.45, 2.75) is 53.4 Å². The Morgan fingerprint density at radius 3 is 2.32 bits per heavy atom. The highest BCUT2D eigenvalue weighted by Gasteiger charge is 2.05. The van der Waals surface area contributed by atoms with Crippen molar-refractivity contribution in [2.75, 3.05) is 6.61 Å². The molecule has 0 saturated heterocycles. The van der Waals surface area contributed by atoms with Crippen LogP contribution in [0.3, 0.4) is 0 Å². The summed E-state index contributed by atoms with van der Waals surface area (Å²) in [4.78, 5) is 11.6. The van der Waals surface area contributed by atoms with Gasteiger partial charge in [0.2, 0.25) is 0 Å². The minimum atomic E-state index is -0.246. The summed E-state index contributed by atoms with van der Waals surface area (Å²) < 4.78 is 4.98. The van der Waals surface area contributed by atoms with Gasteiger partial charge in [-0.25, -0.2) is 4.79 Å². The van der Waals surface area contributed by atoms with Gasteiger partial charge in [0.25, 0.3) is 0 Å². The zero-order valence-electron chi connectivity index (χ0n) is 14.3. The van der Waals surface area contributed by atoms with Crippen LogP contribution < -0.4 is 0 Å². The van der Waals surface area contributed by atoms with E-state index in [1.165, 1.54) is 16.7 Å². The second-order valence-electron chi connectivity index (χ2n) is 5.83. The van der Waals surface area contributed by atoms with Gasteiger partial charge in [0.1, 0.15) is 0 Å². The topological polar surface area (TPSA) is 26.3 Å². The number of hydrogen-bond donors (Lipinski definition) is 0. The molecule has 0 heterocycles. The Bertz CT molecular complexity index is 517. The van der Waals surface area contributed by atoms with Crippen LogP contribution >= 0.6 is 0 Å². The number of carbonyl (C=O) groups is 1. The maximum Gasteiger partial charge on any atom is 0.338 e. The van der Waals surface area contributed by atoms with E-state index in [-0.39, 0.29) is 5.97 Å². The van der Waals surface area contributed by atoms with Crippen LogP contribution in [0.25, 0.3) is 0 Å². The zero-order chi connectivity index (χ0) is 16.4. The van der Waals surface area contributed by atoms with Crippen LogP contribution in [0.15, 0.2) is 47.6 Å². The Morgan fingerprint density at radius 1 is 1.05 bits per heavy atom. The first kappa shape index (κ1) is 18.2. The first-order valence-electron chi connectivity index (χ1n) is 8.08. The van der Waals surface area contributed by atoms with E-state index in [2.05, 4.69) is 32.9 Å². The molecule has 0 aliphatic heterocycles. The van der Waals surface area contributed by atoms with Gasteiger partial charge in [0.05, 0.1) is 12.2 Å². The van der Waals surface area contributed by atoms with E-state index in [0.29, 0.717) is 12.2 Å². The maximum absolute atomic E-state index is 11.6. The third-order valence-corrected chi connectivity index (χ3v) is 3.48. The summed E-state index contributed by atoms with van der Waals surface area (Å²) in [5.74, 6) is -0.246. The molecule has 0 atom stereocenters. The Hall–Kier alpha value is -1.83. The fourth-order valence-corrected chi connectivity index (χ4v) is 2.20. The Morgan fingerprint density at radius 2 is 1.73 bits per heavy atom. The quantitative estimate of drug-likeness (QED) is 0.469. The molecule has 2 heteroatoms. The van der Waals surface area contributed by atoms with Crippen molar-refractivity contribution in [1.82, 2.24) is 0 Å². The van der Waals surface area contributed by atoms with Gasteiger partial charge in [0.15, 0.2) is 0 Å². The average Bonchev–Trinajstić information content (AvgIpc) is 2.48. The second kappa shape index (κ2) is 9.99. The fraction of sp³-hybridized carbons (Fsp3) is 0.450. The van der Waals surface area contributed by atoms with Crippen LogP contribution in [-0.2, 0) is 11.2 Å². The summed E-state index contributed by atoms with van der Waals surface area (Å²) in [7, 11) is 0. The van der Waals surface area contributed by atoms with Crippen molar-refractivity contribution < 1.29 is 9.53 Å². The molecule has 0 bridgehead atoms. The van der Waals surface area contributed by atoms with Crippen LogP contribution in [0, 0.1) is 0 Å². The Kier molecular flexibility index (Phi) is 8.27. The molecule has 0 spiro atoms. The van der Waals surface area contributed by atoms with Gasteiger partial charge in [-0.05, 0) is 71.1 Å². The molecular formula is C20H28O2. The highest BCUT2D eigenvalue weighted by molar-refractivity contribution is 5.89. The van der Waals surface area contributed by atoms with Crippen molar-refractivity contribution in [3.8, 4) is 0 Å². The van der Waals surface area contributed by atoms with Crippen LogP contribution in [0.5, 0.6) is 0 Å². The second-order valence-corrected chi connectivity index (χ2v) is 5.83.